The third-order valence-corrected chi connectivity index (χ3v) is 4.96. The second-order valence-corrected chi connectivity index (χ2v) is 6.43. The molecule has 1 aliphatic carbocycles. The summed E-state index contributed by atoms with van der Waals surface area (Å²) in [6.07, 6.45) is 5.59. The molecule has 1 fully saturated rings. The van der Waals surface area contributed by atoms with Crippen LogP contribution in [0.15, 0.2) is 24.3 Å². The zero-order chi connectivity index (χ0) is 14.1. The zero-order valence-corrected chi connectivity index (χ0v) is 12.1. The Morgan fingerprint density at radius 2 is 1.90 bits per heavy atom. The van der Waals surface area contributed by atoms with Gasteiger partial charge in [0, 0.05) is 18.3 Å². The lowest BCUT2D eigenvalue weighted by Gasteiger charge is -2.42. The minimum Gasteiger partial charge on any atom is -0.481 e. The van der Waals surface area contributed by atoms with Crippen LogP contribution in [0.5, 0.6) is 0 Å². The molecular weight excluding hydrogens is 250 g/mol. The number of rotatable bonds is 2. The second kappa shape index (κ2) is 5.47. The van der Waals surface area contributed by atoms with Gasteiger partial charge in [-0.2, -0.15) is 0 Å². The van der Waals surface area contributed by atoms with E-state index in [1.807, 2.05) is 6.07 Å². The van der Waals surface area contributed by atoms with E-state index < -0.39 is 5.97 Å². The van der Waals surface area contributed by atoms with Crippen LogP contribution in [0.2, 0.25) is 0 Å². The van der Waals surface area contributed by atoms with Crippen molar-refractivity contribution < 1.29 is 9.90 Å². The second-order valence-electron chi connectivity index (χ2n) is 6.43. The lowest BCUT2D eigenvalue weighted by molar-refractivity contribution is -0.141. The first-order valence-electron chi connectivity index (χ1n) is 7.72. The summed E-state index contributed by atoms with van der Waals surface area (Å²) in [5, 5.41) is 9.40. The Labute approximate surface area is 120 Å². The van der Waals surface area contributed by atoms with Crippen molar-refractivity contribution in [2.45, 2.75) is 45.1 Å². The maximum Gasteiger partial charge on any atom is 0.308 e. The Morgan fingerprint density at radius 1 is 1.20 bits per heavy atom. The predicted octanol–water partition coefficient (Wildman–Crippen LogP) is 3.33. The van der Waals surface area contributed by atoms with Crippen LogP contribution in [0.4, 0.5) is 5.69 Å². The summed E-state index contributed by atoms with van der Waals surface area (Å²) in [6.45, 7) is 2.99. The minimum atomic E-state index is -0.659. The molecule has 2 aliphatic rings. The summed E-state index contributed by atoms with van der Waals surface area (Å²) >= 11 is 0. The van der Waals surface area contributed by atoms with Gasteiger partial charge < -0.3 is 10.0 Å². The van der Waals surface area contributed by atoms with E-state index in [0.29, 0.717) is 19.0 Å². The van der Waals surface area contributed by atoms with E-state index in [-0.39, 0.29) is 5.92 Å². The molecule has 3 nitrogen and oxygen atoms in total. The number of carboxylic acids is 1. The first kappa shape index (κ1) is 13.5. The van der Waals surface area contributed by atoms with Crippen molar-refractivity contribution in [2.24, 2.45) is 11.8 Å². The van der Waals surface area contributed by atoms with Crippen LogP contribution in [-0.2, 0) is 11.2 Å². The summed E-state index contributed by atoms with van der Waals surface area (Å²) < 4.78 is 0. The predicted molar refractivity (Wildman–Crippen MR) is 80.0 cm³/mol. The number of para-hydroxylation sites is 1. The van der Waals surface area contributed by atoms with Gasteiger partial charge in [-0.3, -0.25) is 4.79 Å². The van der Waals surface area contributed by atoms with Crippen LogP contribution in [0.1, 0.15) is 38.2 Å². The molecule has 1 aromatic carbocycles. The molecule has 0 spiro atoms. The van der Waals surface area contributed by atoms with Gasteiger partial charge in [0.05, 0.1) is 5.92 Å². The van der Waals surface area contributed by atoms with Gasteiger partial charge >= 0.3 is 5.97 Å². The lowest BCUT2D eigenvalue weighted by atomic mass is 9.84. The number of fused-ring (bicyclic) bond motifs is 1. The molecule has 0 saturated heterocycles. The van der Waals surface area contributed by atoms with Crippen LogP contribution >= 0.6 is 0 Å². The van der Waals surface area contributed by atoms with Gasteiger partial charge in [-0.1, -0.05) is 25.1 Å². The zero-order valence-electron chi connectivity index (χ0n) is 12.1. The van der Waals surface area contributed by atoms with Crippen molar-refractivity contribution >= 4 is 11.7 Å². The van der Waals surface area contributed by atoms with Crippen LogP contribution in [0.25, 0.3) is 0 Å². The van der Waals surface area contributed by atoms with Gasteiger partial charge in [0.2, 0.25) is 0 Å². The van der Waals surface area contributed by atoms with E-state index in [1.54, 1.807) is 0 Å². The smallest absolute Gasteiger partial charge is 0.308 e. The topological polar surface area (TPSA) is 40.5 Å². The Balaban J connectivity index is 1.87. The molecular formula is C17H23NO2. The number of aliphatic carboxylic acids is 1. The van der Waals surface area contributed by atoms with E-state index in [2.05, 4.69) is 30.0 Å². The van der Waals surface area contributed by atoms with Gasteiger partial charge in [0.1, 0.15) is 0 Å². The summed E-state index contributed by atoms with van der Waals surface area (Å²) in [5.41, 5.74) is 2.47. The molecule has 0 amide bonds. The molecule has 1 heterocycles. The van der Waals surface area contributed by atoms with Gasteiger partial charge in [-0.25, -0.2) is 0 Å². The van der Waals surface area contributed by atoms with Gasteiger partial charge in [-0.15, -0.1) is 0 Å². The third kappa shape index (κ3) is 2.54. The summed E-state index contributed by atoms with van der Waals surface area (Å²) in [6, 6.07) is 8.85. The number of hydrogen-bond acceptors (Lipinski definition) is 2. The maximum atomic E-state index is 11.4. The largest absolute Gasteiger partial charge is 0.481 e. The molecule has 20 heavy (non-hydrogen) atoms. The lowest BCUT2D eigenvalue weighted by Crippen LogP contribution is -2.46. The van der Waals surface area contributed by atoms with Crippen molar-refractivity contribution in [3.8, 4) is 0 Å². The Bertz CT molecular complexity index is 492. The quantitative estimate of drug-likeness (QED) is 0.898. The van der Waals surface area contributed by atoms with E-state index >= 15 is 0 Å². The molecule has 1 atom stereocenters. The summed E-state index contributed by atoms with van der Waals surface area (Å²) in [5.74, 6) is -0.0977. The normalized spacial score (nSPS) is 29.9. The number of anilines is 1. The Kier molecular flexibility index (Phi) is 3.68. The van der Waals surface area contributed by atoms with Crippen molar-refractivity contribution in [2.75, 3.05) is 11.4 Å². The number of hydrogen-bond donors (Lipinski definition) is 1. The van der Waals surface area contributed by atoms with Gasteiger partial charge in [-0.05, 0) is 49.7 Å². The fourth-order valence-electron chi connectivity index (χ4n) is 3.69. The van der Waals surface area contributed by atoms with E-state index in [0.717, 1.165) is 5.92 Å². The van der Waals surface area contributed by atoms with Gasteiger partial charge in [0.15, 0.2) is 0 Å². The molecule has 3 heteroatoms. The molecule has 1 saturated carbocycles. The van der Waals surface area contributed by atoms with Crippen molar-refractivity contribution in [3.63, 3.8) is 0 Å². The molecule has 0 radical (unpaired) electrons. The summed E-state index contributed by atoms with van der Waals surface area (Å²) in [4.78, 5) is 13.8. The average molecular weight is 273 g/mol. The highest BCUT2D eigenvalue weighted by atomic mass is 16.4. The third-order valence-electron chi connectivity index (χ3n) is 4.96. The molecule has 1 N–H and O–H groups in total. The fraction of sp³-hybridized carbons (Fsp3) is 0.588. The van der Waals surface area contributed by atoms with Crippen molar-refractivity contribution in [1.82, 2.24) is 0 Å². The molecule has 0 aromatic heterocycles. The van der Waals surface area contributed by atoms with E-state index in [4.69, 9.17) is 0 Å². The molecule has 1 unspecified atom stereocenters. The minimum absolute atomic E-state index is 0.260. The number of carbonyl (C=O) groups is 1. The highest BCUT2D eigenvalue weighted by molar-refractivity contribution is 5.74. The van der Waals surface area contributed by atoms with E-state index in [9.17, 15) is 9.90 Å². The number of carboxylic acid groups (broad SMARTS) is 1. The molecule has 1 aliphatic heterocycles. The van der Waals surface area contributed by atoms with Crippen LogP contribution in [0, 0.1) is 11.8 Å². The Morgan fingerprint density at radius 3 is 2.60 bits per heavy atom. The fourth-order valence-corrected chi connectivity index (χ4v) is 3.69. The van der Waals surface area contributed by atoms with Crippen molar-refractivity contribution in [1.29, 1.82) is 0 Å². The maximum absolute atomic E-state index is 11.4. The molecule has 108 valence electrons. The van der Waals surface area contributed by atoms with Crippen LogP contribution in [0.3, 0.4) is 0 Å². The standard InChI is InChI=1S/C17H23NO2/c1-12-6-8-15(9-7-12)18-11-14(17(19)20)10-13-4-2-3-5-16(13)18/h2-5,12,14-15H,6-11H2,1H3,(H,19,20). The first-order valence-corrected chi connectivity index (χ1v) is 7.72. The first-order chi connectivity index (χ1) is 9.65. The molecule has 1 aromatic rings. The monoisotopic (exact) mass is 273 g/mol. The van der Waals surface area contributed by atoms with Crippen molar-refractivity contribution in [3.05, 3.63) is 29.8 Å². The Hall–Kier alpha value is -1.51. The summed E-state index contributed by atoms with van der Waals surface area (Å²) in [7, 11) is 0. The van der Waals surface area contributed by atoms with Gasteiger partial charge in [0.25, 0.3) is 0 Å². The SMILES string of the molecule is CC1CCC(N2CC(C(=O)O)Cc3ccccc32)CC1. The highest BCUT2D eigenvalue weighted by Crippen LogP contribution is 2.36. The number of nitrogens with zero attached hydrogens (tertiary/aromatic N) is 1. The average Bonchev–Trinajstić information content (AvgIpc) is 2.47. The number of benzene rings is 1. The van der Waals surface area contributed by atoms with E-state index in [1.165, 1.54) is 36.9 Å². The molecule has 0 bridgehead atoms. The van der Waals surface area contributed by atoms with Crippen LogP contribution in [-0.4, -0.2) is 23.7 Å². The molecule has 3 rings (SSSR count). The van der Waals surface area contributed by atoms with Crippen LogP contribution < -0.4 is 4.90 Å². The highest BCUT2D eigenvalue weighted by Gasteiger charge is 2.33.